The Bertz CT molecular complexity index is 348. The van der Waals surface area contributed by atoms with Crippen molar-refractivity contribution >= 4 is 14.3 Å². The summed E-state index contributed by atoms with van der Waals surface area (Å²) in [6.07, 6.45) is 0.129. The number of aliphatic hydroxyl groups excluding tert-OH is 1. The van der Waals surface area contributed by atoms with Crippen LogP contribution < -0.4 is 0 Å². The number of cyclic esters (lactones) is 1. The summed E-state index contributed by atoms with van der Waals surface area (Å²) < 4.78 is 11.9. The molecule has 1 heterocycles. The molecule has 1 aliphatic rings. The molecule has 0 aromatic rings. The number of esters is 1. The Morgan fingerprint density at radius 3 is 2.30 bits per heavy atom. The average molecular weight is 302 g/mol. The second-order valence-electron chi connectivity index (χ2n) is 7.48. The Hall–Kier alpha value is -0.393. The van der Waals surface area contributed by atoms with Crippen molar-refractivity contribution in [3.8, 4) is 0 Å². The van der Waals surface area contributed by atoms with Gasteiger partial charge in [0.05, 0.1) is 12.0 Å². The van der Waals surface area contributed by atoms with E-state index in [2.05, 4.69) is 40.8 Å². The van der Waals surface area contributed by atoms with E-state index in [1.165, 1.54) is 0 Å². The van der Waals surface area contributed by atoms with Gasteiger partial charge in [0.25, 0.3) is 0 Å². The van der Waals surface area contributed by atoms with Crippen LogP contribution in [0, 0.1) is 11.8 Å². The number of rotatable bonds is 4. The SMILES string of the molecule is C[C@@H]1[C@@H](O[Si](C)(C)C(C)(C)C)[C@H](C)C(=O)O[C@@H]1CCO. The van der Waals surface area contributed by atoms with E-state index < -0.39 is 8.32 Å². The van der Waals surface area contributed by atoms with Gasteiger partial charge < -0.3 is 14.3 Å². The summed E-state index contributed by atoms with van der Waals surface area (Å²) in [7, 11) is -1.93. The maximum Gasteiger partial charge on any atom is 0.311 e. The van der Waals surface area contributed by atoms with E-state index in [9.17, 15) is 4.79 Å². The van der Waals surface area contributed by atoms with Crippen LogP contribution in [0.5, 0.6) is 0 Å². The van der Waals surface area contributed by atoms with Gasteiger partial charge >= 0.3 is 5.97 Å². The van der Waals surface area contributed by atoms with Crippen LogP contribution in [0.4, 0.5) is 0 Å². The molecule has 1 fully saturated rings. The summed E-state index contributed by atoms with van der Waals surface area (Å²) >= 11 is 0. The highest BCUT2D eigenvalue weighted by Crippen LogP contribution is 2.41. The minimum Gasteiger partial charge on any atom is -0.462 e. The van der Waals surface area contributed by atoms with E-state index in [1.54, 1.807) is 0 Å². The lowest BCUT2D eigenvalue weighted by atomic mass is 9.85. The van der Waals surface area contributed by atoms with Crippen LogP contribution in [0.25, 0.3) is 0 Å². The zero-order valence-electron chi connectivity index (χ0n) is 13.9. The topological polar surface area (TPSA) is 55.8 Å². The number of aliphatic hydroxyl groups is 1. The molecule has 1 N–H and O–H groups in total. The predicted octanol–water partition coefficient (Wildman–Crippen LogP) is 2.96. The first-order chi connectivity index (χ1) is 9.01. The first-order valence-electron chi connectivity index (χ1n) is 7.50. The van der Waals surface area contributed by atoms with Crippen molar-refractivity contribution in [2.75, 3.05) is 6.61 Å². The van der Waals surface area contributed by atoms with Gasteiger partial charge in [-0.25, -0.2) is 0 Å². The normalized spacial score (nSPS) is 32.1. The van der Waals surface area contributed by atoms with Crippen molar-refractivity contribution in [2.24, 2.45) is 11.8 Å². The quantitative estimate of drug-likeness (QED) is 0.641. The molecule has 0 saturated carbocycles. The third-order valence-corrected chi connectivity index (χ3v) is 9.36. The third kappa shape index (κ3) is 3.62. The Labute approximate surface area is 124 Å². The molecule has 1 aliphatic heterocycles. The highest BCUT2D eigenvalue weighted by molar-refractivity contribution is 6.74. The molecule has 1 saturated heterocycles. The largest absolute Gasteiger partial charge is 0.462 e. The van der Waals surface area contributed by atoms with Gasteiger partial charge in [-0.05, 0) is 25.1 Å². The van der Waals surface area contributed by atoms with Crippen molar-refractivity contribution in [2.45, 2.75) is 71.4 Å². The summed E-state index contributed by atoms with van der Waals surface area (Å²) in [5, 5.41) is 9.22. The Morgan fingerprint density at radius 1 is 1.30 bits per heavy atom. The standard InChI is InChI=1S/C15H30O4Si/c1-10-12(8-9-16)18-14(17)11(2)13(10)19-20(6,7)15(3,4)5/h10-13,16H,8-9H2,1-7H3/t10-,11-,12+,13+/m0/s1. The maximum absolute atomic E-state index is 12.0. The fourth-order valence-corrected chi connectivity index (χ4v) is 3.79. The number of carbonyl (C=O) groups excluding carboxylic acids is 1. The minimum absolute atomic E-state index is 0.0312. The lowest BCUT2D eigenvalue weighted by Crippen LogP contribution is -2.54. The van der Waals surface area contributed by atoms with Crippen LogP contribution in [-0.2, 0) is 14.0 Å². The fourth-order valence-electron chi connectivity index (χ4n) is 2.34. The second-order valence-corrected chi connectivity index (χ2v) is 12.2. The Balaban J connectivity index is 2.92. The molecule has 0 aromatic carbocycles. The highest BCUT2D eigenvalue weighted by Gasteiger charge is 2.47. The highest BCUT2D eigenvalue weighted by atomic mass is 28.4. The average Bonchev–Trinajstić information content (AvgIpc) is 2.30. The smallest absolute Gasteiger partial charge is 0.311 e. The molecule has 0 aliphatic carbocycles. The van der Waals surface area contributed by atoms with E-state index in [0.717, 1.165) is 0 Å². The molecule has 0 bridgehead atoms. The molecule has 5 heteroatoms. The third-order valence-electron chi connectivity index (χ3n) is 4.89. The minimum atomic E-state index is -1.93. The van der Waals surface area contributed by atoms with Gasteiger partial charge in [-0.1, -0.05) is 27.7 Å². The summed E-state index contributed by atoms with van der Waals surface area (Å²) in [6.45, 7) is 15.0. The molecular formula is C15H30O4Si. The molecule has 0 aromatic heterocycles. The van der Waals surface area contributed by atoms with Gasteiger partial charge in [0.15, 0.2) is 8.32 Å². The van der Waals surface area contributed by atoms with E-state index >= 15 is 0 Å². The Morgan fingerprint density at radius 2 is 1.85 bits per heavy atom. The van der Waals surface area contributed by atoms with Crippen molar-refractivity contribution in [3.05, 3.63) is 0 Å². The zero-order valence-corrected chi connectivity index (χ0v) is 14.9. The summed E-state index contributed by atoms with van der Waals surface area (Å²) in [4.78, 5) is 12.0. The molecular weight excluding hydrogens is 272 g/mol. The van der Waals surface area contributed by atoms with E-state index in [4.69, 9.17) is 14.3 Å². The number of hydrogen-bond acceptors (Lipinski definition) is 4. The molecule has 0 unspecified atom stereocenters. The summed E-state index contributed by atoms with van der Waals surface area (Å²) in [5.41, 5.74) is 0. The molecule has 118 valence electrons. The van der Waals surface area contributed by atoms with Gasteiger partial charge in [-0.2, -0.15) is 0 Å². The second kappa shape index (κ2) is 6.16. The van der Waals surface area contributed by atoms with Crippen molar-refractivity contribution < 1.29 is 19.1 Å². The fraction of sp³-hybridized carbons (Fsp3) is 0.933. The number of ether oxygens (including phenoxy) is 1. The monoisotopic (exact) mass is 302 g/mol. The van der Waals surface area contributed by atoms with Crippen molar-refractivity contribution in [1.82, 2.24) is 0 Å². The Kier molecular flexibility index (Phi) is 5.44. The van der Waals surface area contributed by atoms with E-state index in [-0.39, 0.29) is 41.7 Å². The summed E-state index contributed by atoms with van der Waals surface area (Å²) in [5.74, 6) is -0.330. The van der Waals surface area contributed by atoms with Crippen LogP contribution in [0.1, 0.15) is 41.0 Å². The van der Waals surface area contributed by atoms with E-state index in [0.29, 0.717) is 6.42 Å². The van der Waals surface area contributed by atoms with Crippen LogP contribution >= 0.6 is 0 Å². The van der Waals surface area contributed by atoms with Crippen molar-refractivity contribution in [1.29, 1.82) is 0 Å². The molecule has 0 radical (unpaired) electrons. The lowest BCUT2D eigenvalue weighted by molar-refractivity contribution is -0.177. The van der Waals surface area contributed by atoms with Crippen LogP contribution in [0.15, 0.2) is 0 Å². The van der Waals surface area contributed by atoms with Gasteiger partial charge in [-0.15, -0.1) is 0 Å². The van der Waals surface area contributed by atoms with Crippen LogP contribution in [0.2, 0.25) is 18.1 Å². The van der Waals surface area contributed by atoms with Gasteiger partial charge in [0.2, 0.25) is 0 Å². The lowest BCUT2D eigenvalue weighted by Gasteiger charge is -2.46. The molecule has 0 amide bonds. The molecule has 0 spiro atoms. The van der Waals surface area contributed by atoms with Gasteiger partial charge in [-0.3, -0.25) is 4.79 Å². The van der Waals surface area contributed by atoms with Crippen LogP contribution in [0.3, 0.4) is 0 Å². The zero-order chi connectivity index (χ0) is 15.7. The number of carbonyl (C=O) groups is 1. The first kappa shape index (κ1) is 17.7. The molecule has 20 heavy (non-hydrogen) atoms. The predicted molar refractivity (Wildman–Crippen MR) is 82.0 cm³/mol. The van der Waals surface area contributed by atoms with E-state index in [1.807, 2.05) is 6.92 Å². The number of hydrogen-bond donors (Lipinski definition) is 1. The van der Waals surface area contributed by atoms with Gasteiger partial charge in [0.1, 0.15) is 6.10 Å². The van der Waals surface area contributed by atoms with Crippen LogP contribution in [-0.4, -0.2) is 38.2 Å². The van der Waals surface area contributed by atoms with Gasteiger partial charge in [0, 0.05) is 18.9 Å². The first-order valence-corrected chi connectivity index (χ1v) is 10.4. The molecule has 1 rings (SSSR count). The maximum atomic E-state index is 12.0. The summed E-state index contributed by atoms with van der Waals surface area (Å²) in [6, 6.07) is 0. The van der Waals surface area contributed by atoms with Crippen molar-refractivity contribution in [3.63, 3.8) is 0 Å². The molecule has 4 atom stereocenters. The molecule has 4 nitrogen and oxygen atoms in total.